The maximum absolute atomic E-state index is 12.3. The normalized spacial score (nSPS) is 33.2. The number of fused-ring (bicyclic) bond motifs is 1. The van der Waals surface area contributed by atoms with Crippen molar-refractivity contribution in [2.24, 2.45) is 5.92 Å². The molecule has 0 bridgehead atoms. The Morgan fingerprint density at radius 3 is 2.70 bits per heavy atom. The third-order valence-electron chi connectivity index (χ3n) is 5.08. The highest BCUT2D eigenvalue weighted by atomic mass is 32.2. The Balaban J connectivity index is 1.50. The number of piperidine rings is 2. The van der Waals surface area contributed by atoms with Crippen LogP contribution in [0.3, 0.4) is 0 Å². The molecule has 0 aromatic heterocycles. The summed E-state index contributed by atoms with van der Waals surface area (Å²) in [6.45, 7) is 4.19. The van der Waals surface area contributed by atoms with E-state index in [1.807, 2.05) is 0 Å². The molecule has 2 N–H and O–H groups in total. The molecule has 2 unspecified atom stereocenters. The van der Waals surface area contributed by atoms with Crippen LogP contribution in [0.1, 0.15) is 38.5 Å². The number of sulfonamides is 1. The van der Waals surface area contributed by atoms with Crippen LogP contribution in [0.5, 0.6) is 0 Å². The van der Waals surface area contributed by atoms with Crippen molar-refractivity contribution in [3.63, 3.8) is 0 Å². The van der Waals surface area contributed by atoms with Gasteiger partial charge in [0, 0.05) is 12.1 Å². The summed E-state index contributed by atoms with van der Waals surface area (Å²) in [5.41, 5.74) is 0. The van der Waals surface area contributed by atoms with Crippen molar-refractivity contribution in [3.05, 3.63) is 0 Å². The van der Waals surface area contributed by atoms with Gasteiger partial charge in [-0.05, 0) is 70.6 Å². The summed E-state index contributed by atoms with van der Waals surface area (Å²) in [7, 11) is -3.11. The molecule has 6 heteroatoms. The average molecular weight is 301 g/mol. The molecule has 5 nitrogen and oxygen atoms in total. The summed E-state index contributed by atoms with van der Waals surface area (Å²) in [6.07, 6.45) is 6.48. The fourth-order valence-electron chi connectivity index (χ4n) is 3.99. The third kappa shape index (κ3) is 3.72. The van der Waals surface area contributed by atoms with Crippen LogP contribution in [-0.2, 0) is 10.0 Å². The van der Waals surface area contributed by atoms with Crippen LogP contribution in [-0.4, -0.2) is 57.3 Å². The molecule has 3 heterocycles. The minimum absolute atomic E-state index is 0.168. The number of hydrogen-bond donors (Lipinski definition) is 2. The van der Waals surface area contributed by atoms with Gasteiger partial charge in [0.15, 0.2) is 0 Å². The van der Waals surface area contributed by atoms with Crippen LogP contribution in [0.2, 0.25) is 0 Å². The van der Waals surface area contributed by atoms with Crippen molar-refractivity contribution in [2.45, 2.75) is 50.6 Å². The standard InChI is InChI=1S/C14H27N3O2S/c18-20(19,11-12-3-6-15-7-4-12)16-13-5-9-17-8-1-2-14(17)10-13/h12-16H,1-11H2. The number of rotatable bonds is 4. The predicted molar refractivity (Wildman–Crippen MR) is 80.1 cm³/mol. The lowest BCUT2D eigenvalue weighted by Gasteiger charge is -2.35. The fraction of sp³-hybridized carbons (Fsp3) is 1.00. The van der Waals surface area contributed by atoms with E-state index >= 15 is 0 Å². The summed E-state index contributed by atoms with van der Waals surface area (Å²) in [5, 5.41) is 3.29. The molecule has 3 rings (SSSR count). The first-order chi connectivity index (χ1) is 9.62. The average Bonchev–Trinajstić information content (AvgIpc) is 2.86. The van der Waals surface area contributed by atoms with E-state index in [1.165, 1.54) is 19.4 Å². The first-order valence-electron chi connectivity index (χ1n) is 8.07. The highest BCUT2D eigenvalue weighted by Gasteiger charge is 2.33. The zero-order valence-electron chi connectivity index (χ0n) is 12.2. The van der Waals surface area contributed by atoms with E-state index in [4.69, 9.17) is 0 Å². The lowest BCUT2D eigenvalue weighted by Crippen LogP contribution is -2.48. The summed E-state index contributed by atoms with van der Waals surface area (Å²) >= 11 is 0. The largest absolute Gasteiger partial charge is 0.317 e. The number of nitrogens with zero attached hydrogens (tertiary/aromatic N) is 1. The van der Waals surface area contributed by atoms with Gasteiger partial charge >= 0.3 is 0 Å². The van der Waals surface area contributed by atoms with Crippen molar-refractivity contribution in [2.75, 3.05) is 31.9 Å². The topological polar surface area (TPSA) is 61.4 Å². The zero-order valence-corrected chi connectivity index (χ0v) is 13.0. The second-order valence-electron chi connectivity index (χ2n) is 6.65. The van der Waals surface area contributed by atoms with Gasteiger partial charge in [-0.3, -0.25) is 0 Å². The first-order valence-corrected chi connectivity index (χ1v) is 9.72. The summed E-state index contributed by atoms with van der Waals surface area (Å²) in [4.78, 5) is 2.53. The zero-order chi connectivity index (χ0) is 14.0. The van der Waals surface area contributed by atoms with E-state index in [2.05, 4.69) is 14.9 Å². The minimum Gasteiger partial charge on any atom is -0.317 e. The summed E-state index contributed by atoms with van der Waals surface area (Å²) < 4.78 is 27.6. The maximum Gasteiger partial charge on any atom is 0.212 e. The predicted octanol–water partition coefficient (Wildman–Crippen LogP) is 0.532. The van der Waals surface area contributed by atoms with E-state index in [0.29, 0.717) is 17.7 Å². The van der Waals surface area contributed by atoms with Crippen LogP contribution in [0.15, 0.2) is 0 Å². The molecule has 3 aliphatic heterocycles. The lowest BCUT2D eigenvalue weighted by molar-refractivity contribution is 0.176. The van der Waals surface area contributed by atoms with Crippen LogP contribution in [0, 0.1) is 5.92 Å². The molecule has 0 saturated carbocycles. The van der Waals surface area contributed by atoms with E-state index in [0.717, 1.165) is 45.3 Å². The number of hydrogen-bond acceptors (Lipinski definition) is 4. The monoisotopic (exact) mass is 301 g/mol. The molecular weight excluding hydrogens is 274 g/mol. The summed E-state index contributed by atoms with van der Waals surface area (Å²) in [5.74, 6) is 0.653. The van der Waals surface area contributed by atoms with Gasteiger partial charge < -0.3 is 10.2 Å². The second kappa shape index (κ2) is 6.30. The van der Waals surface area contributed by atoms with Crippen molar-refractivity contribution >= 4 is 10.0 Å². The van der Waals surface area contributed by atoms with E-state index in [-0.39, 0.29) is 6.04 Å². The quantitative estimate of drug-likeness (QED) is 0.795. The molecule has 3 aliphatic rings. The SMILES string of the molecule is O=S(=O)(CC1CCNCC1)NC1CCN2CCCC2C1. The van der Waals surface area contributed by atoms with Gasteiger partial charge in [0.1, 0.15) is 0 Å². The molecular formula is C14H27N3O2S. The van der Waals surface area contributed by atoms with Gasteiger partial charge in [-0.2, -0.15) is 0 Å². The van der Waals surface area contributed by atoms with Crippen molar-refractivity contribution in [1.29, 1.82) is 0 Å². The lowest BCUT2D eigenvalue weighted by atomic mass is 9.99. The van der Waals surface area contributed by atoms with E-state index < -0.39 is 10.0 Å². The van der Waals surface area contributed by atoms with Gasteiger partial charge in [-0.25, -0.2) is 13.1 Å². The van der Waals surface area contributed by atoms with E-state index in [1.54, 1.807) is 0 Å². The highest BCUT2D eigenvalue weighted by Crippen LogP contribution is 2.27. The molecule has 0 radical (unpaired) electrons. The first kappa shape index (κ1) is 14.8. The molecule has 0 aromatic carbocycles. The molecule has 0 spiro atoms. The second-order valence-corrected chi connectivity index (χ2v) is 8.44. The Bertz CT molecular complexity index is 420. The molecule has 0 aliphatic carbocycles. The van der Waals surface area contributed by atoms with Crippen molar-refractivity contribution in [1.82, 2.24) is 14.9 Å². The molecule has 116 valence electrons. The maximum atomic E-state index is 12.3. The minimum atomic E-state index is -3.11. The molecule has 2 atom stereocenters. The van der Waals surface area contributed by atoms with Crippen molar-refractivity contribution < 1.29 is 8.42 Å². The Morgan fingerprint density at radius 1 is 1.10 bits per heavy atom. The van der Waals surface area contributed by atoms with Crippen LogP contribution >= 0.6 is 0 Å². The molecule has 3 saturated heterocycles. The van der Waals surface area contributed by atoms with Gasteiger partial charge in [0.05, 0.1) is 5.75 Å². The molecule has 0 amide bonds. The third-order valence-corrected chi connectivity index (χ3v) is 6.68. The fourth-order valence-corrected chi connectivity index (χ4v) is 5.76. The Labute approximate surface area is 122 Å². The van der Waals surface area contributed by atoms with Gasteiger partial charge in [-0.1, -0.05) is 0 Å². The molecule has 20 heavy (non-hydrogen) atoms. The van der Waals surface area contributed by atoms with Crippen LogP contribution in [0.25, 0.3) is 0 Å². The molecule has 0 aromatic rings. The highest BCUT2D eigenvalue weighted by molar-refractivity contribution is 7.89. The Kier molecular flexibility index (Phi) is 4.65. The number of nitrogens with one attached hydrogen (secondary N) is 2. The van der Waals surface area contributed by atoms with E-state index in [9.17, 15) is 8.42 Å². The van der Waals surface area contributed by atoms with Crippen molar-refractivity contribution in [3.8, 4) is 0 Å². The van der Waals surface area contributed by atoms with Crippen LogP contribution < -0.4 is 10.0 Å². The summed E-state index contributed by atoms with van der Waals surface area (Å²) in [6, 6.07) is 0.788. The Hall–Kier alpha value is -0.170. The van der Waals surface area contributed by atoms with Gasteiger partial charge in [0.2, 0.25) is 10.0 Å². The smallest absolute Gasteiger partial charge is 0.212 e. The Morgan fingerprint density at radius 2 is 1.90 bits per heavy atom. The van der Waals surface area contributed by atoms with Gasteiger partial charge in [-0.15, -0.1) is 0 Å². The molecule has 3 fully saturated rings. The van der Waals surface area contributed by atoms with Crippen LogP contribution in [0.4, 0.5) is 0 Å². The van der Waals surface area contributed by atoms with Gasteiger partial charge in [0.25, 0.3) is 0 Å².